The molecule has 0 aliphatic rings. The first kappa shape index (κ1) is 11.0. The molecule has 0 bridgehead atoms. The lowest BCUT2D eigenvalue weighted by atomic mass is 9.96. The first-order valence-electron chi connectivity index (χ1n) is 4.81. The van der Waals surface area contributed by atoms with Gasteiger partial charge in [0.15, 0.2) is 0 Å². The predicted octanol–water partition coefficient (Wildman–Crippen LogP) is 1.34. The maximum atomic E-state index is 9.38. The minimum atomic E-state index is -0.579. The van der Waals surface area contributed by atoms with Crippen LogP contribution in [0.4, 0.5) is 0 Å². The van der Waals surface area contributed by atoms with Crippen molar-refractivity contribution in [3.8, 4) is 5.75 Å². The number of hydrogen-bond donors (Lipinski definition) is 3. The standard InChI is InChI=1S/C11H17NO2/c1-3-8-6-9(14)4-5-10(8)11(12)7(2)13/h4-7,11,13-14H,3,12H2,1-2H3/t7-,11-/m1/s1. The molecule has 0 fully saturated rings. The second-order valence-corrected chi connectivity index (χ2v) is 3.50. The maximum Gasteiger partial charge on any atom is 0.115 e. The molecule has 0 heterocycles. The minimum Gasteiger partial charge on any atom is -0.508 e. The Bertz CT molecular complexity index is 310. The highest BCUT2D eigenvalue weighted by Gasteiger charge is 2.15. The van der Waals surface area contributed by atoms with E-state index in [1.165, 1.54) is 0 Å². The van der Waals surface area contributed by atoms with Gasteiger partial charge in [-0.1, -0.05) is 13.0 Å². The van der Waals surface area contributed by atoms with Gasteiger partial charge in [-0.25, -0.2) is 0 Å². The summed E-state index contributed by atoms with van der Waals surface area (Å²) in [6.07, 6.45) is 0.217. The van der Waals surface area contributed by atoms with Gasteiger partial charge >= 0.3 is 0 Å². The van der Waals surface area contributed by atoms with Gasteiger partial charge in [0.1, 0.15) is 5.75 Å². The van der Waals surface area contributed by atoms with E-state index in [1.807, 2.05) is 6.92 Å². The zero-order chi connectivity index (χ0) is 10.7. The van der Waals surface area contributed by atoms with E-state index in [0.29, 0.717) is 0 Å². The van der Waals surface area contributed by atoms with Crippen LogP contribution in [0.15, 0.2) is 18.2 Å². The number of hydrogen-bond acceptors (Lipinski definition) is 3. The van der Waals surface area contributed by atoms with Gasteiger partial charge < -0.3 is 15.9 Å². The van der Waals surface area contributed by atoms with E-state index in [-0.39, 0.29) is 11.8 Å². The van der Waals surface area contributed by atoms with Gasteiger partial charge in [-0.2, -0.15) is 0 Å². The highest BCUT2D eigenvalue weighted by atomic mass is 16.3. The van der Waals surface area contributed by atoms with Gasteiger partial charge in [-0.05, 0) is 36.6 Å². The Balaban J connectivity index is 3.07. The summed E-state index contributed by atoms with van der Waals surface area (Å²) in [5.41, 5.74) is 7.72. The second-order valence-electron chi connectivity index (χ2n) is 3.50. The van der Waals surface area contributed by atoms with Crippen LogP contribution in [0.5, 0.6) is 5.75 Å². The Hall–Kier alpha value is -1.06. The van der Waals surface area contributed by atoms with Crippen molar-refractivity contribution in [2.45, 2.75) is 32.4 Å². The van der Waals surface area contributed by atoms with E-state index in [0.717, 1.165) is 17.5 Å². The van der Waals surface area contributed by atoms with E-state index < -0.39 is 6.10 Å². The summed E-state index contributed by atoms with van der Waals surface area (Å²) in [6.45, 7) is 3.66. The Morgan fingerprint density at radius 3 is 2.57 bits per heavy atom. The largest absolute Gasteiger partial charge is 0.508 e. The monoisotopic (exact) mass is 195 g/mol. The van der Waals surface area contributed by atoms with Crippen LogP contribution >= 0.6 is 0 Å². The second kappa shape index (κ2) is 4.44. The van der Waals surface area contributed by atoms with Crippen molar-refractivity contribution in [2.75, 3.05) is 0 Å². The molecule has 0 unspecified atom stereocenters. The highest BCUT2D eigenvalue weighted by molar-refractivity contribution is 5.37. The molecule has 0 spiro atoms. The maximum absolute atomic E-state index is 9.38. The molecular weight excluding hydrogens is 178 g/mol. The number of nitrogens with two attached hydrogens (primary N) is 1. The fraction of sp³-hybridized carbons (Fsp3) is 0.455. The lowest BCUT2D eigenvalue weighted by Gasteiger charge is -2.18. The zero-order valence-electron chi connectivity index (χ0n) is 8.57. The zero-order valence-corrected chi connectivity index (χ0v) is 8.57. The van der Waals surface area contributed by atoms with Crippen molar-refractivity contribution >= 4 is 0 Å². The lowest BCUT2D eigenvalue weighted by Crippen LogP contribution is -2.24. The molecule has 0 radical (unpaired) electrons. The third-order valence-corrected chi connectivity index (χ3v) is 2.39. The highest BCUT2D eigenvalue weighted by Crippen LogP contribution is 2.23. The fourth-order valence-corrected chi connectivity index (χ4v) is 1.48. The van der Waals surface area contributed by atoms with Gasteiger partial charge in [0, 0.05) is 0 Å². The van der Waals surface area contributed by atoms with Crippen LogP contribution < -0.4 is 5.73 Å². The molecule has 0 saturated heterocycles. The fourth-order valence-electron chi connectivity index (χ4n) is 1.48. The average molecular weight is 195 g/mol. The van der Waals surface area contributed by atoms with Crippen LogP contribution in [0.3, 0.4) is 0 Å². The number of benzene rings is 1. The van der Waals surface area contributed by atoms with Gasteiger partial charge in [-0.15, -0.1) is 0 Å². The van der Waals surface area contributed by atoms with E-state index in [2.05, 4.69) is 0 Å². The van der Waals surface area contributed by atoms with Crippen LogP contribution in [0, 0.1) is 0 Å². The number of aromatic hydroxyl groups is 1. The molecule has 0 aliphatic heterocycles. The number of aliphatic hydroxyl groups excluding tert-OH is 1. The average Bonchev–Trinajstić information content (AvgIpc) is 2.16. The van der Waals surface area contributed by atoms with Crippen LogP contribution in [0.2, 0.25) is 0 Å². The van der Waals surface area contributed by atoms with Crippen molar-refractivity contribution in [3.05, 3.63) is 29.3 Å². The van der Waals surface area contributed by atoms with Gasteiger partial charge in [-0.3, -0.25) is 0 Å². The molecule has 0 aromatic heterocycles. The number of phenolic OH excluding ortho intramolecular Hbond substituents is 1. The summed E-state index contributed by atoms with van der Waals surface area (Å²) in [5, 5.41) is 18.7. The van der Waals surface area contributed by atoms with Crippen LogP contribution in [0.1, 0.15) is 31.0 Å². The molecule has 0 aliphatic carbocycles. The van der Waals surface area contributed by atoms with Crippen molar-refractivity contribution < 1.29 is 10.2 Å². The van der Waals surface area contributed by atoms with Gasteiger partial charge in [0.25, 0.3) is 0 Å². The Morgan fingerprint density at radius 1 is 1.43 bits per heavy atom. The number of phenols is 1. The van der Waals surface area contributed by atoms with Crippen LogP contribution in [-0.2, 0) is 6.42 Å². The summed E-state index contributed by atoms with van der Waals surface area (Å²) in [5.74, 6) is 0.239. The minimum absolute atomic E-state index is 0.239. The Labute approximate surface area is 84.2 Å². The smallest absolute Gasteiger partial charge is 0.115 e. The molecule has 4 N–H and O–H groups in total. The van der Waals surface area contributed by atoms with Crippen molar-refractivity contribution in [1.82, 2.24) is 0 Å². The molecule has 3 heteroatoms. The molecule has 0 amide bonds. The van der Waals surface area contributed by atoms with E-state index >= 15 is 0 Å². The van der Waals surface area contributed by atoms with Gasteiger partial charge in [0.05, 0.1) is 12.1 Å². The Kier molecular flexibility index (Phi) is 3.49. The lowest BCUT2D eigenvalue weighted by molar-refractivity contribution is 0.164. The topological polar surface area (TPSA) is 66.5 Å². The summed E-state index contributed by atoms with van der Waals surface area (Å²) in [7, 11) is 0. The Morgan fingerprint density at radius 2 is 2.07 bits per heavy atom. The number of aliphatic hydroxyl groups is 1. The number of rotatable bonds is 3. The van der Waals surface area contributed by atoms with Gasteiger partial charge in [0.2, 0.25) is 0 Å². The first-order chi connectivity index (χ1) is 6.56. The van der Waals surface area contributed by atoms with Crippen molar-refractivity contribution in [1.29, 1.82) is 0 Å². The summed E-state index contributed by atoms with van der Waals surface area (Å²) in [6, 6.07) is 4.67. The molecule has 1 aromatic carbocycles. The first-order valence-corrected chi connectivity index (χ1v) is 4.81. The van der Waals surface area contributed by atoms with Crippen molar-refractivity contribution in [2.24, 2.45) is 5.73 Å². The molecule has 2 atom stereocenters. The van der Waals surface area contributed by atoms with Crippen molar-refractivity contribution in [3.63, 3.8) is 0 Å². The molecule has 14 heavy (non-hydrogen) atoms. The molecular formula is C11H17NO2. The van der Waals surface area contributed by atoms with E-state index in [9.17, 15) is 10.2 Å². The SMILES string of the molecule is CCc1cc(O)ccc1[C@H](N)[C@@H](C)O. The normalized spacial score (nSPS) is 15.1. The predicted molar refractivity (Wildman–Crippen MR) is 56.1 cm³/mol. The molecule has 1 aromatic rings. The van der Waals surface area contributed by atoms with Crippen LogP contribution in [-0.4, -0.2) is 16.3 Å². The van der Waals surface area contributed by atoms with Crippen LogP contribution in [0.25, 0.3) is 0 Å². The molecule has 78 valence electrons. The number of aryl methyl sites for hydroxylation is 1. The summed E-state index contributed by atoms with van der Waals surface area (Å²) < 4.78 is 0. The third-order valence-electron chi connectivity index (χ3n) is 2.39. The molecule has 1 rings (SSSR count). The molecule has 0 saturated carbocycles. The summed E-state index contributed by atoms with van der Waals surface area (Å²) >= 11 is 0. The van der Waals surface area contributed by atoms with E-state index in [1.54, 1.807) is 25.1 Å². The molecule has 3 nitrogen and oxygen atoms in total. The van der Waals surface area contributed by atoms with E-state index in [4.69, 9.17) is 5.73 Å². The third kappa shape index (κ3) is 2.25. The quantitative estimate of drug-likeness (QED) is 0.681. The summed E-state index contributed by atoms with van der Waals surface area (Å²) in [4.78, 5) is 0.